The largest absolute Gasteiger partial charge is 0.481 e. The van der Waals surface area contributed by atoms with Gasteiger partial charge in [-0.25, -0.2) is 4.79 Å². The normalized spacial score (nSPS) is 15.4. The van der Waals surface area contributed by atoms with Gasteiger partial charge in [0.05, 0.1) is 18.4 Å². The first-order valence-electron chi connectivity index (χ1n) is 12.4. The summed E-state index contributed by atoms with van der Waals surface area (Å²) in [4.78, 5) is 35.1. The van der Waals surface area contributed by atoms with Crippen molar-refractivity contribution in [2.45, 2.75) is 56.9 Å². The zero-order valence-corrected chi connectivity index (χ0v) is 22.1. The van der Waals surface area contributed by atoms with Crippen LogP contribution >= 0.6 is 0 Å². The molecule has 3 rings (SSSR count). The fraction of sp³-hybridized carbons (Fsp3) is 0.464. The second kappa shape index (κ2) is 13.5. The van der Waals surface area contributed by atoms with Crippen LogP contribution in [-0.2, 0) is 33.1 Å². The summed E-state index contributed by atoms with van der Waals surface area (Å²) in [5.74, 6) is -5.02. The summed E-state index contributed by atoms with van der Waals surface area (Å²) in [6.45, 7) is 5.91. The van der Waals surface area contributed by atoms with Gasteiger partial charge in [0.2, 0.25) is 0 Å². The number of piperidine rings is 1. The van der Waals surface area contributed by atoms with E-state index in [1.54, 1.807) is 0 Å². The zero-order valence-electron chi connectivity index (χ0n) is 22.1. The Morgan fingerprint density at radius 3 is 1.84 bits per heavy atom. The Hall–Kier alpha value is -3.31. The summed E-state index contributed by atoms with van der Waals surface area (Å²) < 4.78 is 0. The van der Waals surface area contributed by atoms with Crippen molar-refractivity contribution in [3.05, 3.63) is 70.8 Å². The van der Waals surface area contributed by atoms with Crippen LogP contribution in [0.3, 0.4) is 0 Å². The monoisotopic (exact) mass is 530 g/mol. The molecule has 0 atom stereocenters. The summed E-state index contributed by atoms with van der Waals surface area (Å²) >= 11 is 0. The molecule has 10 heteroatoms. The van der Waals surface area contributed by atoms with Gasteiger partial charge < -0.3 is 30.4 Å². The van der Waals surface area contributed by atoms with Gasteiger partial charge >= 0.3 is 17.9 Å². The van der Waals surface area contributed by atoms with E-state index in [2.05, 4.69) is 67.2 Å². The summed E-state index contributed by atoms with van der Waals surface area (Å²) in [7, 11) is 4.19. The molecule has 2 aromatic carbocycles. The third kappa shape index (κ3) is 9.21. The Bertz CT molecular complexity index is 1080. The van der Waals surface area contributed by atoms with Crippen LogP contribution in [0.5, 0.6) is 0 Å². The van der Waals surface area contributed by atoms with Gasteiger partial charge in [-0.1, -0.05) is 48.5 Å². The van der Waals surface area contributed by atoms with Crippen molar-refractivity contribution < 1.29 is 39.9 Å². The van der Waals surface area contributed by atoms with Crippen molar-refractivity contribution in [2.24, 2.45) is 0 Å². The van der Waals surface area contributed by atoms with Crippen molar-refractivity contribution in [3.8, 4) is 0 Å². The molecule has 5 N–H and O–H groups in total. The van der Waals surface area contributed by atoms with Crippen molar-refractivity contribution in [1.82, 2.24) is 9.80 Å². The van der Waals surface area contributed by atoms with E-state index in [4.69, 9.17) is 20.4 Å². The summed E-state index contributed by atoms with van der Waals surface area (Å²) in [6.07, 6.45) is -0.684. The lowest BCUT2D eigenvalue weighted by atomic mass is 9.82. The summed E-state index contributed by atoms with van der Waals surface area (Å²) in [5, 5.41) is 44.9. The second-order valence-electron chi connectivity index (χ2n) is 10.2. The first-order chi connectivity index (χ1) is 17.7. The number of likely N-dealkylation sites (tertiary alicyclic amines) is 1. The fourth-order valence-corrected chi connectivity index (χ4v) is 4.53. The van der Waals surface area contributed by atoms with Gasteiger partial charge in [0.1, 0.15) is 0 Å². The molecule has 0 aromatic heterocycles. The van der Waals surface area contributed by atoms with E-state index in [1.807, 2.05) is 12.1 Å². The molecule has 208 valence electrons. The molecule has 0 unspecified atom stereocenters. The molecule has 1 fully saturated rings. The molecule has 0 aliphatic carbocycles. The Morgan fingerprint density at radius 1 is 0.895 bits per heavy atom. The van der Waals surface area contributed by atoms with Crippen LogP contribution in [0.15, 0.2) is 48.5 Å². The van der Waals surface area contributed by atoms with Gasteiger partial charge in [-0.05, 0) is 56.1 Å². The van der Waals surface area contributed by atoms with Crippen LogP contribution in [0.4, 0.5) is 0 Å². The quantitative estimate of drug-likeness (QED) is 0.308. The molecule has 2 aromatic rings. The number of carbonyl (C=O) groups is 3. The van der Waals surface area contributed by atoms with E-state index in [0.717, 1.165) is 44.6 Å². The van der Waals surface area contributed by atoms with Gasteiger partial charge in [-0.15, -0.1) is 0 Å². The SMILES string of the molecule is Cc1ccccc1C1(O)CCN(Cc2ccc(CN(C)C)cc2)CC1.O=C(O)CC(O)(CC(=O)O)C(=O)O. The van der Waals surface area contributed by atoms with Gasteiger partial charge in [-0.2, -0.15) is 0 Å². The lowest BCUT2D eigenvalue weighted by molar-refractivity contribution is -0.170. The van der Waals surface area contributed by atoms with Crippen LogP contribution in [0, 0.1) is 6.92 Å². The molecule has 0 saturated carbocycles. The predicted molar refractivity (Wildman–Crippen MR) is 141 cm³/mol. The number of hydrogen-bond acceptors (Lipinski definition) is 7. The minimum absolute atomic E-state index is 0.669. The van der Waals surface area contributed by atoms with Crippen molar-refractivity contribution >= 4 is 17.9 Å². The van der Waals surface area contributed by atoms with E-state index in [1.165, 1.54) is 16.7 Å². The fourth-order valence-electron chi connectivity index (χ4n) is 4.53. The molecule has 0 amide bonds. The molecular formula is C28H38N2O8. The third-order valence-electron chi connectivity index (χ3n) is 6.54. The summed E-state index contributed by atoms with van der Waals surface area (Å²) in [5.41, 5.74) is 1.58. The van der Waals surface area contributed by atoms with Gasteiger partial charge in [0, 0.05) is 26.2 Å². The molecule has 0 bridgehead atoms. The molecule has 0 radical (unpaired) electrons. The molecule has 38 heavy (non-hydrogen) atoms. The predicted octanol–water partition coefficient (Wildman–Crippen LogP) is 2.29. The molecule has 10 nitrogen and oxygen atoms in total. The number of benzene rings is 2. The number of aryl methyl sites for hydroxylation is 1. The highest BCUT2D eigenvalue weighted by Crippen LogP contribution is 2.35. The zero-order chi connectivity index (χ0) is 28.5. The van der Waals surface area contributed by atoms with E-state index >= 15 is 0 Å². The van der Waals surface area contributed by atoms with Gasteiger partial charge in [0.15, 0.2) is 5.60 Å². The number of hydrogen-bond donors (Lipinski definition) is 5. The third-order valence-corrected chi connectivity index (χ3v) is 6.54. The maximum atomic E-state index is 11.1. The van der Waals surface area contributed by atoms with Crippen LogP contribution < -0.4 is 0 Å². The molecular weight excluding hydrogens is 492 g/mol. The van der Waals surface area contributed by atoms with Crippen molar-refractivity contribution in [2.75, 3.05) is 27.2 Å². The maximum Gasteiger partial charge on any atom is 0.336 e. The van der Waals surface area contributed by atoms with E-state index in [0.29, 0.717) is 0 Å². The molecule has 0 spiro atoms. The minimum atomic E-state index is -2.74. The first kappa shape index (κ1) is 30.9. The van der Waals surface area contributed by atoms with Crippen LogP contribution in [0.25, 0.3) is 0 Å². The Labute approximate surface area is 222 Å². The number of nitrogens with zero attached hydrogens (tertiary/aromatic N) is 2. The highest BCUT2D eigenvalue weighted by atomic mass is 16.4. The molecule has 1 aliphatic heterocycles. The maximum absolute atomic E-state index is 11.1. The average molecular weight is 531 g/mol. The summed E-state index contributed by atoms with van der Waals surface area (Å²) in [6, 6.07) is 17.2. The topological polar surface area (TPSA) is 159 Å². The number of carboxylic acids is 3. The Kier molecular flexibility index (Phi) is 11.0. The minimum Gasteiger partial charge on any atom is -0.481 e. The Balaban J connectivity index is 0.000000332. The number of aliphatic carboxylic acids is 3. The first-order valence-corrected chi connectivity index (χ1v) is 12.4. The van der Waals surface area contributed by atoms with Gasteiger partial charge in [0.25, 0.3) is 0 Å². The van der Waals surface area contributed by atoms with Crippen molar-refractivity contribution in [3.63, 3.8) is 0 Å². The van der Waals surface area contributed by atoms with E-state index < -0.39 is 42.0 Å². The van der Waals surface area contributed by atoms with Gasteiger partial charge in [-0.3, -0.25) is 14.5 Å². The molecule has 1 saturated heterocycles. The lowest BCUT2D eigenvalue weighted by Gasteiger charge is -2.39. The van der Waals surface area contributed by atoms with Crippen molar-refractivity contribution in [1.29, 1.82) is 0 Å². The molecule has 1 aliphatic rings. The average Bonchev–Trinajstić information content (AvgIpc) is 2.81. The smallest absolute Gasteiger partial charge is 0.336 e. The lowest BCUT2D eigenvalue weighted by Crippen LogP contribution is -2.42. The van der Waals surface area contributed by atoms with E-state index in [-0.39, 0.29) is 0 Å². The second-order valence-corrected chi connectivity index (χ2v) is 10.2. The highest BCUT2D eigenvalue weighted by molar-refractivity contribution is 5.88. The Morgan fingerprint density at radius 2 is 1.39 bits per heavy atom. The van der Waals surface area contributed by atoms with Crippen LogP contribution in [0.2, 0.25) is 0 Å². The molecule has 1 heterocycles. The van der Waals surface area contributed by atoms with Crippen LogP contribution in [0.1, 0.15) is 47.9 Å². The van der Waals surface area contributed by atoms with Crippen LogP contribution in [-0.4, -0.2) is 86.0 Å². The number of rotatable bonds is 10. The van der Waals surface area contributed by atoms with E-state index in [9.17, 15) is 19.5 Å². The standard InChI is InChI=1S/C22H30N2O.C6H8O7/c1-18-6-4-5-7-21(18)22(25)12-14-24(15-13-22)17-20-10-8-19(9-11-20)16-23(2)3;7-3(8)1-6(13,5(11)12)2-4(9)10/h4-11,25H,12-17H2,1-3H3;13H,1-2H2,(H,7,8)(H,9,10)(H,11,12). The highest BCUT2D eigenvalue weighted by Gasteiger charge is 2.40. The number of carboxylic acid groups (broad SMARTS) is 3. The number of aliphatic hydroxyl groups is 2.